The second kappa shape index (κ2) is 9.81. The second-order valence-electron chi connectivity index (χ2n) is 6.44. The molecule has 1 heterocycles. The minimum absolute atomic E-state index is 0.0276. The van der Waals surface area contributed by atoms with E-state index in [1.807, 2.05) is 35.2 Å². The van der Waals surface area contributed by atoms with Crippen LogP contribution in [0.1, 0.15) is 44.1 Å². The fourth-order valence-corrected chi connectivity index (χ4v) is 3.04. The quantitative estimate of drug-likeness (QED) is 0.670. The van der Waals surface area contributed by atoms with Crippen molar-refractivity contribution >= 4 is 17.8 Å². The highest BCUT2D eigenvalue weighted by molar-refractivity contribution is 5.88. The van der Waals surface area contributed by atoms with Crippen molar-refractivity contribution in [3.05, 3.63) is 35.9 Å². The molecule has 0 aromatic heterocycles. The maximum Gasteiger partial charge on any atom is 0.303 e. The molecule has 6 nitrogen and oxygen atoms in total. The van der Waals surface area contributed by atoms with Crippen molar-refractivity contribution in [3.8, 4) is 0 Å². The van der Waals surface area contributed by atoms with Gasteiger partial charge in [0, 0.05) is 32.4 Å². The molecule has 6 heteroatoms. The van der Waals surface area contributed by atoms with Crippen molar-refractivity contribution in [2.45, 2.75) is 51.0 Å². The van der Waals surface area contributed by atoms with Gasteiger partial charge in [-0.15, -0.1) is 0 Å². The van der Waals surface area contributed by atoms with Gasteiger partial charge < -0.3 is 15.3 Å². The topological polar surface area (TPSA) is 86.7 Å². The van der Waals surface area contributed by atoms with Gasteiger partial charge in [-0.25, -0.2) is 0 Å². The molecule has 1 unspecified atom stereocenters. The first-order valence-corrected chi connectivity index (χ1v) is 8.90. The summed E-state index contributed by atoms with van der Waals surface area (Å²) in [5.41, 5.74) is 1.01. The molecule has 1 aromatic carbocycles. The number of amides is 2. The molecular formula is C19H26N2O4. The van der Waals surface area contributed by atoms with Crippen LogP contribution in [0.4, 0.5) is 0 Å². The first-order valence-electron chi connectivity index (χ1n) is 8.90. The zero-order valence-electron chi connectivity index (χ0n) is 14.4. The summed E-state index contributed by atoms with van der Waals surface area (Å²) in [6.07, 6.45) is 3.76. The second-order valence-corrected chi connectivity index (χ2v) is 6.44. The lowest BCUT2D eigenvalue weighted by atomic mass is 10.0. The van der Waals surface area contributed by atoms with E-state index in [0.29, 0.717) is 19.3 Å². The number of rotatable bonds is 9. The molecule has 136 valence electrons. The Morgan fingerprint density at radius 1 is 1.04 bits per heavy atom. The largest absolute Gasteiger partial charge is 0.481 e. The first-order chi connectivity index (χ1) is 12.1. The van der Waals surface area contributed by atoms with E-state index in [4.69, 9.17) is 5.11 Å². The van der Waals surface area contributed by atoms with Crippen LogP contribution in [0.2, 0.25) is 0 Å². The standard InChI is InChI=1S/C19H26N2O4/c22-17(10-4-5-11-18(23)24)20-16(14-15-8-2-1-3-9-15)19(25)21-12-6-7-13-21/h1-3,8-9,16H,4-7,10-14H2,(H,20,22)(H,23,24). The third kappa shape index (κ3) is 6.57. The Kier molecular flexibility index (Phi) is 7.44. The van der Waals surface area contributed by atoms with E-state index in [9.17, 15) is 14.4 Å². The van der Waals surface area contributed by atoms with E-state index in [0.717, 1.165) is 31.5 Å². The minimum Gasteiger partial charge on any atom is -0.481 e. The fraction of sp³-hybridized carbons (Fsp3) is 0.526. The molecule has 1 saturated heterocycles. The van der Waals surface area contributed by atoms with Gasteiger partial charge >= 0.3 is 5.97 Å². The average Bonchev–Trinajstić information content (AvgIpc) is 3.13. The lowest BCUT2D eigenvalue weighted by Crippen LogP contribution is -2.48. The van der Waals surface area contributed by atoms with E-state index < -0.39 is 12.0 Å². The predicted molar refractivity (Wildman–Crippen MR) is 94.0 cm³/mol. The molecule has 2 amide bonds. The number of carbonyl (C=O) groups excluding carboxylic acids is 2. The number of aliphatic carboxylic acids is 1. The van der Waals surface area contributed by atoms with Gasteiger partial charge in [0.25, 0.3) is 0 Å². The number of hydrogen-bond acceptors (Lipinski definition) is 3. The highest BCUT2D eigenvalue weighted by atomic mass is 16.4. The third-order valence-corrected chi connectivity index (χ3v) is 4.38. The maximum absolute atomic E-state index is 12.7. The molecule has 0 radical (unpaired) electrons. The Hall–Kier alpha value is -2.37. The van der Waals surface area contributed by atoms with E-state index in [2.05, 4.69) is 5.32 Å². The zero-order chi connectivity index (χ0) is 18.1. The van der Waals surface area contributed by atoms with Crippen molar-refractivity contribution in [3.63, 3.8) is 0 Å². The Morgan fingerprint density at radius 2 is 1.68 bits per heavy atom. The van der Waals surface area contributed by atoms with Gasteiger partial charge in [-0.2, -0.15) is 0 Å². The Labute approximate surface area is 148 Å². The first kappa shape index (κ1) is 19.0. The maximum atomic E-state index is 12.7. The van der Waals surface area contributed by atoms with E-state index in [-0.39, 0.29) is 24.7 Å². The number of likely N-dealkylation sites (tertiary alicyclic amines) is 1. The molecule has 2 rings (SSSR count). The van der Waals surface area contributed by atoms with Gasteiger partial charge in [-0.05, 0) is 31.2 Å². The molecule has 0 bridgehead atoms. The van der Waals surface area contributed by atoms with Crippen LogP contribution >= 0.6 is 0 Å². The van der Waals surface area contributed by atoms with Gasteiger partial charge in [0.05, 0.1) is 0 Å². The Bertz CT molecular complexity index is 582. The van der Waals surface area contributed by atoms with Crippen LogP contribution in [-0.2, 0) is 20.8 Å². The highest BCUT2D eigenvalue weighted by Crippen LogP contribution is 2.12. The van der Waals surface area contributed by atoms with Crippen LogP contribution in [0, 0.1) is 0 Å². The van der Waals surface area contributed by atoms with Crippen LogP contribution < -0.4 is 5.32 Å². The number of unbranched alkanes of at least 4 members (excludes halogenated alkanes) is 1. The summed E-state index contributed by atoms with van der Waals surface area (Å²) < 4.78 is 0. The summed E-state index contributed by atoms with van der Waals surface area (Å²) in [6, 6.07) is 9.09. The van der Waals surface area contributed by atoms with Crippen molar-refractivity contribution in [1.82, 2.24) is 10.2 Å². The van der Waals surface area contributed by atoms with Crippen LogP contribution in [0.25, 0.3) is 0 Å². The van der Waals surface area contributed by atoms with Crippen LogP contribution in [0.3, 0.4) is 0 Å². The highest BCUT2D eigenvalue weighted by Gasteiger charge is 2.27. The van der Waals surface area contributed by atoms with Gasteiger partial charge in [0.15, 0.2) is 0 Å². The van der Waals surface area contributed by atoms with Crippen LogP contribution in [0.15, 0.2) is 30.3 Å². The summed E-state index contributed by atoms with van der Waals surface area (Å²) >= 11 is 0. The molecule has 1 atom stereocenters. The van der Waals surface area contributed by atoms with E-state index in [1.54, 1.807) is 0 Å². The van der Waals surface area contributed by atoms with Crippen molar-refractivity contribution < 1.29 is 19.5 Å². The smallest absolute Gasteiger partial charge is 0.303 e. The van der Waals surface area contributed by atoms with Crippen LogP contribution in [-0.4, -0.2) is 46.9 Å². The molecule has 2 N–H and O–H groups in total. The normalized spacial score (nSPS) is 15.0. The zero-order valence-corrected chi connectivity index (χ0v) is 14.4. The average molecular weight is 346 g/mol. The van der Waals surface area contributed by atoms with Crippen LogP contribution in [0.5, 0.6) is 0 Å². The van der Waals surface area contributed by atoms with Crippen molar-refractivity contribution in [2.24, 2.45) is 0 Å². The number of carboxylic acids is 1. The summed E-state index contributed by atoms with van der Waals surface area (Å²) in [6.45, 7) is 1.50. The Morgan fingerprint density at radius 3 is 2.32 bits per heavy atom. The number of nitrogens with zero attached hydrogens (tertiary/aromatic N) is 1. The van der Waals surface area contributed by atoms with E-state index in [1.165, 1.54) is 0 Å². The summed E-state index contributed by atoms with van der Waals surface area (Å²) in [4.78, 5) is 37.2. The number of nitrogens with one attached hydrogen (secondary N) is 1. The lowest BCUT2D eigenvalue weighted by Gasteiger charge is -2.24. The molecule has 1 aliphatic heterocycles. The SMILES string of the molecule is O=C(O)CCCCC(=O)NC(Cc1ccccc1)C(=O)N1CCCC1. The fourth-order valence-electron chi connectivity index (χ4n) is 3.04. The molecule has 0 spiro atoms. The number of hydrogen-bond donors (Lipinski definition) is 2. The number of carbonyl (C=O) groups is 3. The van der Waals surface area contributed by atoms with Gasteiger partial charge in [-0.1, -0.05) is 30.3 Å². The molecular weight excluding hydrogens is 320 g/mol. The molecule has 1 fully saturated rings. The summed E-state index contributed by atoms with van der Waals surface area (Å²) in [5.74, 6) is -1.08. The molecule has 0 saturated carbocycles. The lowest BCUT2D eigenvalue weighted by molar-refractivity contribution is -0.137. The molecule has 1 aromatic rings. The van der Waals surface area contributed by atoms with E-state index >= 15 is 0 Å². The number of carboxylic acid groups (broad SMARTS) is 1. The molecule has 0 aliphatic carbocycles. The predicted octanol–water partition coefficient (Wildman–Crippen LogP) is 1.98. The third-order valence-electron chi connectivity index (χ3n) is 4.38. The van der Waals surface area contributed by atoms with Gasteiger partial charge in [-0.3, -0.25) is 14.4 Å². The van der Waals surface area contributed by atoms with Gasteiger partial charge in [0.2, 0.25) is 11.8 Å². The number of benzene rings is 1. The minimum atomic E-state index is -0.855. The molecule has 25 heavy (non-hydrogen) atoms. The Balaban J connectivity index is 1.92. The summed E-state index contributed by atoms with van der Waals surface area (Å²) in [7, 11) is 0. The monoisotopic (exact) mass is 346 g/mol. The molecule has 1 aliphatic rings. The van der Waals surface area contributed by atoms with Gasteiger partial charge in [0.1, 0.15) is 6.04 Å². The van der Waals surface area contributed by atoms with Crippen molar-refractivity contribution in [1.29, 1.82) is 0 Å². The van der Waals surface area contributed by atoms with Crippen molar-refractivity contribution in [2.75, 3.05) is 13.1 Å². The summed E-state index contributed by atoms with van der Waals surface area (Å²) in [5, 5.41) is 11.5.